The molecule has 3 aromatic heterocycles. The first-order valence-electron chi connectivity index (χ1n) is 17.0. The second kappa shape index (κ2) is 14.7. The van der Waals surface area contributed by atoms with Gasteiger partial charge in [0.05, 0.1) is 19.2 Å². The van der Waals surface area contributed by atoms with Crippen molar-refractivity contribution in [3.63, 3.8) is 0 Å². The number of carbonyl (C=O) groups is 5. The zero-order valence-electron chi connectivity index (χ0n) is 29.3. The number of fused-ring (bicyclic) bond motifs is 1. The molecule has 16 nitrogen and oxygen atoms in total. The van der Waals surface area contributed by atoms with Crippen LogP contribution in [0.1, 0.15) is 52.9 Å². The van der Waals surface area contributed by atoms with Crippen molar-refractivity contribution >= 4 is 51.5 Å². The van der Waals surface area contributed by atoms with E-state index in [1.807, 2.05) is 17.5 Å². The molecule has 3 aromatic rings. The monoisotopic (exact) mass is 734 g/mol. The Bertz CT molecular complexity index is 1860. The first kappa shape index (κ1) is 36.5. The second-order valence-electron chi connectivity index (χ2n) is 14.2. The molecule has 6 rings (SSSR count). The van der Waals surface area contributed by atoms with Gasteiger partial charge in [0.1, 0.15) is 40.2 Å². The SMILES string of the molecule is C=C[C@@H]1C[C@@]1(NC(=O)[C@@H]1C[C@@H](Oc2nc(-c3ccccn3)nc3ccsc23)CN1C(=O)[C@@H](NC(=O)OC1CCC1)C(C)(C)C)C(=O)NNC(=O)OC. The standard InChI is InChI=1S/C35H42N8O8S/c1-6-19-17-35(19,31(46)41-42-33(48)49-5)40-28(44)24-16-21(18-43(24)30(45)26(34(2,3)4)38-32(47)51-20-10-9-11-20)50-29-25-22(13-15-52-25)37-27(39-29)23-12-7-8-14-36-23/h6-8,12-15,19-21,24,26H,1,9-11,16-18H2,2-5H3,(H,38,47)(H,40,44)(H,41,46)(H,42,48)/t19-,21-,24+,26-,35+/m1/s1. The van der Waals surface area contributed by atoms with E-state index in [9.17, 15) is 24.0 Å². The lowest BCUT2D eigenvalue weighted by atomic mass is 9.85. The van der Waals surface area contributed by atoms with Crippen LogP contribution in [0, 0.1) is 11.3 Å². The van der Waals surface area contributed by atoms with Crippen LogP contribution >= 0.6 is 11.3 Å². The molecule has 2 aliphatic carbocycles. The van der Waals surface area contributed by atoms with Crippen molar-refractivity contribution in [2.45, 2.75) is 82.7 Å². The number of methoxy groups -OCH3 is 1. The van der Waals surface area contributed by atoms with Crippen molar-refractivity contribution in [1.29, 1.82) is 0 Å². The number of amides is 5. The van der Waals surface area contributed by atoms with E-state index in [4.69, 9.17) is 9.47 Å². The fourth-order valence-corrected chi connectivity index (χ4v) is 7.03. The van der Waals surface area contributed by atoms with Gasteiger partial charge in [0.2, 0.25) is 17.7 Å². The third-order valence-corrected chi connectivity index (χ3v) is 10.4. The number of hydrogen-bond acceptors (Lipinski definition) is 12. The molecule has 4 N–H and O–H groups in total. The van der Waals surface area contributed by atoms with Crippen LogP contribution in [0.4, 0.5) is 9.59 Å². The van der Waals surface area contributed by atoms with Crippen molar-refractivity contribution in [1.82, 2.24) is 41.3 Å². The van der Waals surface area contributed by atoms with Crippen LogP contribution in [0.25, 0.3) is 21.7 Å². The molecular weight excluding hydrogens is 692 g/mol. The van der Waals surface area contributed by atoms with E-state index in [0.29, 0.717) is 21.7 Å². The van der Waals surface area contributed by atoms with Crippen LogP contribution in [-0.4, -0.2) is 93.2 Å². The van der Waals surface area contributed by atoms with E-state index in [1.165, 1.54) is 22.3 Å². The van der Waals surface area contributed by atoms with Gasteiger partial charge in [-0.15, -0.1) is 17.9 Å². The highest BCUT2D eigenvalue weighted by Crippen LogP contribution is 2.45. The molecular formula is C35H42N8O8S. The predicted molar refractivity (Wildman–Crippen MR) is 189 cm³/mol. The lowest BCUT2D eigenvalue weighted by Crippen LogP contribution is -2.60. The Morgan fingerprint density at radius 3 is 2.50 bits per heavy atom. The number of alkyl carbamates (subject to hydrolysis) is 1. The highest BCUT2D eigenvalue weighted by Gasteiger charge is 2.61. The number of thiophene rings is 1. The number of carbonyl (C=O) groups excluding carboxylic acids is 5. The van der Waals surface area contributed by atoms with Crippen molar-refractivity contribution in [2.75, 3.05) is 13.7 Å². The van der Waals surface area contributed by atoms with Gasteiger partial charge in [0, 0.05) is 18.5 Å². The summed E-state index contributed by atoms with van der Waals surface area (Å²) in [5.74, 6) is -1.66. The van der Waals surface area contributed by atoms with Gasteiger partial charge in [-0.05, 0) is 54.7 Å². The summed E-state index contributed by atoms with van der Waals surface area (Å²) in [6, 6.07) is 5.04. The Morgan fingerprint density at radius 1 is 1.08 bits per heavy atom. The van der Waals surface area contributed by atoms with Gasteiger partial charge in [-0.25, -0.2) is 20.0 Å². The molecule has 0 radical (unpaired) electrons. The summed E-state index contributed by atoms with van der Waals surface area (Å²) in [6.07, 6.45) is 3.36. The third kappa shape index (κ3) is 7.63. The van der Waals surface area contributed by atoms with E-state index in [0.717, 1.165) is 26.4 Å². The minimum absolute atomic E-state index is 0.0351. The molecule has 1 saturated heterocycles. The van der Waals surface area contributed by atoms with Crippen LogP contribution < -0.4 is 26.2 Å². The number of aromatic nitrogens is 3. The minimum atomic E-state index is -1.44. The third-order valence-electron chi connectivity index (χ3n) is 9.51. The van der Waals surface area contributed by atoms with Gasteiger partial charge < -0.3 is 29.7 Å². The van der Waals surface area contributed by atoms with E-state index < -0.39 is 65.0 Å². The summed E-state index contributed by atoms with van der Waals surface area (Å²) >= 11 is 1.39. The maximum Gasteiger partial charge on any atom is 0.425 e. The van der Waals surface area contributed by atoms with Crippen molar-refractivity contribution in [3.05, 3.63) is 48.5 Å². The normalized spacial score (nSPS) is 23.1. The number of hydrogen-bond donors (Lipinski definition) is 4. The Labute approximate surface area is 304 Å². The molecule has 4 heterocycles. The van der Waals surface area contributed by atoms with Crippen molar-refractivity contribution < 1.29 is 38.2 Å². The molecule has 1 aliphatic heterocycles. The highest BCUT2D eigenvalue weighted by atomic mass is 32.1. The maximum atomic E-state index is 14.5. The van der Waals surface area contributed by atoms with Crippen LogP contribution in [-0.2, 0) is 23.9 Å². The smallest absolute Gasteiger partial charge is 0.425 e. The molecule has 5 amide bonds. The number of rotatable bonds is 10. The maximum absolute atomic E-state index is 14.5. The zero-order chi connectivity index (χ0) is 37.2. The summed E-state index contributed by atoms with van der Waals surface area (Å²) in [5.41, 5.74) is 3.38. The molecule has 0 bridgehead atoms. The quantitative estimate of drug-likeness (QED) is 0.176. The van der Waals surface area contributed by atoms with E-state index in [1.54, 1.807) is 39.1 Å². The number of nitrogens with zero attached hydrogens (tertiary/aromatic N) is 4. The molecule has 0 aromatic carbocycles. The predicted octanol–water partition coefficient (Wildman–Crippen LogP) is 3.24. The average Bonchev–Trinajstić information content (AvgIpc) is 3.38. The molecule has 0 spiro atoms. The van der Waals surface area contributed by atoms with E-state index >= 15 is 0 Å². The molecule has 3 aliphatic rings. The fourth-order valence-electron chi connectivity index (χ4n) is 6.27. The Morgan fingerprint density at radius 2 is 1.87 bits per heavy atom. The van der Waals surface area contributed by atoms with Gasteiger partial charge in [0.25, 0.3) is 5.91 Å². The Hall–Kier alpha value is -5.32. The van der Waals surface area contributed by atoms with E-state index in [-0.39, 0.29) is 31.4 Å². The van der Waals surface area contributed by atoms with Gasteiger partial charge in [-0.3, -0.25) is 24.8 Å². The number of hydrazine groups is 1. The first-order chi connectivity index (χ1) is 24.8. The second-order valence-corrected chi connectivity index (χ2v) is 15.1. The Kier molecular flexibility index (Phi) is 10.3. The van der Waals surface area contributed by atoms with Gasteiger partial charge in [0.15, 0.2) is 5.82 Å². The van der Waals surface area contributed by atoms with Crippen molar-refractivity contribution in [2.24, 2.45) is 11.3 Å². The van der Waals surface area contributed by atoms with Gasteiger partial charge in [-0.1, -0.05) is 32.9 Å². The summed E-state index contributed by atoms with van der Waals surface area (Å²) in [6.45, 7) is 9.16. The summed E-state index contributed by atoms with van der Waals surface area (Å²) in [4.78, 5) is 81.7. The largest absolute Gasteiger partial charge is 0.471 e. The number of ether oxygens (including phenoxy) is 3. The van der Waals surface area contributed by atoms with Crippen LogP contribution in [0.5, 0.6) is 5.88 Å². The summed E-state index contributed by atoms with van der Waals surface area (Å²) in [5, 5.41) is 7.44. The van der Waals surface area contributed by atoms with Gasteiger partial charge >= 0.3 is 12.2 Å². The molecule has 2 saturated carbocycles. The lowest BCUT2D eigenvalue weighted by molar-refractivity contribution is -0.143. The number of nitrogens with one attached hydrogen (secondary N) is 4. The molecule has 276 valence electrons. The number of pyridine rings is 1. The van der Waals surface area contributed by atoms with Crippen LogP contribution in [0.2, 0.25) is 0 Å². The zero-order valence-corrected chi connectivity index (χ0v) is 30.2. The van der Waals surface area contributed by atoms with Crippen LogP contribution in [0.3, 0.4) is 0 Å². The van der Waals surface area contributed by atoms with Crippen LogP contribution in [0.15, 0.2) is 48.5 Å². The summed E-state index contributed by atoms with van der Waals surface area (Å²) < 4.78 is 17.2. The minimum Gasteiger partial charge on any atom is -0.471 e. The lowest BCUT2D eigenvalue weighted by Gasteiger charge is -2.36. The molecule has 5 atom stereocenters. The average molecular weight is 735 g/mol. The number of likely N-dealkylation sites (tertiary alicyclic amines) is 1. The molecule has 0 unspecified atom stereocenters. The van der Waals surface area contributed by atoms with E-state index in [2.05, 4.69) is 47.8 Å². The highest BCUT2D eigenvalue weighted by molar-refractivity contribution is 7.17. The summed E-state index contributed by atoms with van der Waals surface area (Å²) in [7, 11) is 1.14. The Balaban J connectivity index is 1.29. The van der Waals surface area contributed by atoms with Crippen molar-refractivity contribution in [3.8, 4) is 17.4 Å². The molecule has 17 heteroatoms. The topological polar surface area (TPSA) is 203 Å². The fraction of sp³-hybridized carbons (Fsp3) is 0.486. The molecule has 3 fully saturated rings. The molecule has 52 heavy (non-hydrogen) atoms. The van der Waals surface area contributed by atoms with Gasteiger partial charge in [-0.2, -0.15) is 4.98 Å². The first-order valence-corrected chi connectivity index (χ1v) is 17.9.